The number of nitrogens with one attached hydrogen (secondary N) is 1. The molecule has 1 aromatic carbocycles. The molecule has 9 nitrogen and oxygen atoms in total. The first-order valence-corrected chi connectivity index (χ1v) is 17.4. The van der Waals surface area contributed by atoms with E-state index < -0.39 is 32.2 Å². The van der Waals surface area contributed by atoms with Crippen LogP contribution >= 0.6 is 11.6 Å². The SMILES string of the molecule is CC(=O)C(C)(C)NCCC(CCN1CCCCC1)(C(N)=O)c1ccccc1Cl.CC1(C)C2CCC1(CS(=O)(=O)O)C(=O)C2. The van der Waals surface area contributed by atoms with Crippen LogP contribution in [-0.2, 0) is 29.9 Å². The van der Waals surface area contributed by atoms with Gasteiger partial charge in [-0.1, -0.05) is 50.1 Å². The third kappa shape index (κ3) is 7.87. The molecule has 1 saturated heterocycles. The molecule has 11 heteroatoms. The Hall–Kier alpha value is -1.85. The van der Waals surface area contributed by atoms with E-state index in [1.807, 2.05) is 52.0 Å². The zero-order valence-corrected chi connectivity index (χ0v) is 28.0. The van der Waals surface area contributed by atoms with Crippen molar-refractivity contribution in [2.24, 2.45) is 22.5 Å². The van der Waals surface area contributed by atoms with E-state index in [-0.39, 0.29) is 28.8 Å². The molecule has 1 amide bonds. The Morgan fingerprint density at radius 2 is 1.77 bits per heavy atom. The maximum Gasteiger partial charge on any atom is 0.265 e. The molecule has 3 fully saturated rings. The molecule has 242 valence electrons. The maximum atomic E-state index is 12.8. The standard InChI is InChI=1S/C22H34ClN3O2.C10H16O4S/c1-17(27)21(2,3)25-13-11-22(20(24)28,18-9-5-6-10-19(18)23)12-16-26-14-7-4-8-15-26;1-9(2)7-3-4-10(9,8(11)5-7)6-15(12,13)14/h5-6,9-10,25H,4,7-8,11-16H2,1-3H3,(H2,24,28);7H,3-6H2,1-2H3,(H,12,13,14). The second-order valence-corrected chi connectivity index (χ2v) is 15.7. The van der Waals surface area contributed by atoms with Gasteiger partial charge >= 0.3 is 0 Å². The molecular formula is C32H50ClN3O6S. The fourth-order valence-electron chi connectivity index (χ4n) is 7.29. The summed E-state index contributed by atoms with van der Waals surface area (Å²) in [6.45, 7) is 12.6. The molecule has 2 saturated carbocycles. The van der Waals surface area contributed by atoms with Gasteiger partial charge in [0.05, 0.1) is 22.1 Å². The molecule has 4 rings (SSSR count). The molecule has 0 aromatic heterocycles. The molecule has 1 aliphatic heterocycles. The van der Waals surface area contributed by atoms with Crippen LogP contribution < -0.4 is 11.1 Å². The lowest BCUT2D eigenvalue weighted by Gasteiger charge is -2.36. The van der Waals surface area contributed by atoms with E-state index in [0.29, 0.717) is 37.3 Å². The third-order valence-corrected chi connectivity index (χ3v) is 11.9. The summed E-state index contributed by atoms with van der Waals surface area (Å²) in [5.74, 6) is -0.404. The van der Waals surface area contributed by atoms with E-state index in [1.54, 1.807) is 6.92 Å². The van der Waals surface area contributed by atoms with Crippen LogP contribution in [-0.4, -0.2) is 72.8 Å². The molecule has 2 bridgehead atoms. The maximum absolute atomic E-state index is 12.8. The minimum Gasteiger partial charge on any atom is -0.369 e. The van der Waals surface area contributed by atoms with Crippen LogP contribution in [0, 0.1) is 16.7 Å². The summed E-state index contributed by atoms with van der Waals surface area (Å²) in [4.78, 5) is 38.9. The predicted octanol–water partition coefficient (Wildman–Crippen LogP) is 4.56. The van der Waals surface area contributed by atoms with E-state index in [9.17, 15) is 22.8 Å². The van der Waals surface area contributed by atoms with Gasteiger partial charge in [-0.05, 0) is 108 Å². The minimum atomic E-state index is -4.08. The third-order valence-electron chi connectivity index (χ3n) is 10.7. The number of carbonyl (C=O) groups is 3. The van der Waals surface area contributed by atoms with Crippen LogP contribution in [0.2, 0.25) is 5.02 Å². The van der Waals surface area contributed by atoms with Gasteiger partial charge in [0.25, 0.3) is 10.1 Å². The number of ketones is 2. The van der Waals surface area contributed by atoms with Gasteiger partial charge in [0.2, 0.25) is 5.91 Å². The number of carbonyl (C=O) groups excluding carboxylic acids is 3. The van der Waals surface area contributed by atoms with E-state index in [4.69, 9.17) is 21.9 Å². The van der Waals surface area contributed by atoms with Crippen LogP contribution in [0.1, 0.15) is 91.5 Å². The van der Waals surface area contributed by atoms with Crippen LogP contribution in [0.4, 0.5) is 0 Å². The Morgan fingerprint density at radius 1 is 1.14 bits per heavy atom. The monoisotopic (exact) mass is 639 g/mol. The number of fused-ring (bicyclic) bond motifs is 2. The molecule has 1 aromatic rings. The number of Topliss-reactive ketones (excluding diaryl/α,β-unsaturated/α-hetero) is 2. The van der Waals surface area contributed by atoms with Crippen molar-refractivity contribution in [3.8, 4) is 0 Å². The van der Waals surface area contributed by atoms with Crippen molar-refractivity contribution in [3.05, 3.63) is 34.9 Å². The van der Waals surface area contributed by atoms with Crippen LogP contribution in [0.5, 0.6) is 0 Å². The summed E-state index contributed by atoms with van der Waals surface area (Å²) in [7, 11) is -4.08. The van der Waals surface area contributed by atoms with Crippen molar-refractivity contribution < 1.29 is 27.4 Å². The van der Waals surface area contributed by atoms with Gasteiger partial charge in [-0.3, -0.25) is 18.9 Å². The number of hydrogen-bond acceptors (Lipinski definition) is 7. The first kappa shape index (κ1) is 35.6. The quantitative estimate of drug-likeness (QED) is 0.282. The van der Waals surface area contributed by atoms with Crippen molar-refractivity contribution >= 4 is 39.2 Å². The number of halogens is 1. The predicted molar refractivity (Wildman–Crippen MR) is 170 cm³/mol. The van der Waals surface area contributed by atoms with Gasteiger partial charge in [-0.15, -0.1) is 0 Å². The Kier molecular flexibility index (Phi) is 11.3. The average Bonchev–Trinajstić information content (AvgIpc) is 3.25. The van der Waals surface area contributed by atoms with Crippen molar-refractivity contribution in [1.29, 1.82) is 0 Å². The molecule has 0 spiro atoms. The Labute approximate surface area is 262 Å². The van der Waals surface area contributed by atoms with Crippen LogP contribution in [0.15, 0.2) is 24.3 Å². The Bertz CT molecular complexity index is 1290. The smallest absolute Gasteiger partial charge is 0.265 e. The Morgan fingerprint density at radius 3 is 2.26 bits per heavy atom. The van der Waals surface area contributed by atoms with E-state index >= 15 is 0 Å². The molecule has 2 aliphatic carbocycles. The molecule has 43 heavy (non-hydrogen) atoms. The van der Waals surface area contributed by atoms with Crippen molar-refractivity contribution in [2.75, 3.05) is 31.9 Å². The summed E-state index contributed by atoms with van der Waals surface area (Å²) in [6, 6.07) is 7.47. The first-order valence-electron chi connectivity index (χ1n) is 15.4. The zero-order chi connectivity index (χ0) is 32.3. The van der Waals surface area contributed by atoms with E-state index in [1.165, 1.54) is 19.3 Å². The second kappa shape index (κ2) is 13.6. The molecule has 3 atom stereocenters. The van der Waals surface area contributed by atoms with Gasteiger partial charge in [0, 0.05) is 11.4 Å². The largest absolute Gasteiger partial charge is 0.369 e. The van der Waals surface area contributed by atoms with Gasteiger partial charge in [-0.25, -0.2) is 0 Å². The zero-order valence-electron chi connectivity index (χ0n) is 26.4. The van der Waals surface area contributed by atoms with Crippen LogP contribution in [0.25, 0.3) is 0 Å². The van der Waals surface area contributed by atoms with E-state index in [2.05, 4.69) is 10.2 Å². The molecule has 3 aliphatic rings. The highest BCUT2D eigenvalue weighted by atomic mass is 35.5. The highest BCUT2D eigenvalue weighted by Crippen LogP contribution is 2.64. The molecule has 1 heterocycles. The number of primary amides is 1. The fourth-order valence-corrected chi connectivity index (χ4v) is 8.90. The number of hydrogen-bond donors (Lipinski definition) is 3. The first-order chi connectivity index (χ1) is 19.9. The normalized spacial score (nSPS) is 25.1. The number of nitrogens with two attached hydrogens (primary N) is 1. The minimum absolute atomic E-state index is 0.0152. The van der Waals surface area contributed by atoms with Gasteiger partial charge in [0.15, 0.2) is 0 Å². The topological polar surface area (TPSA) is 147 Å². The van der Waals surface area contributed by atoms with Gasteiger partial charge in [-0.2, -0.15) is 8.42 Å². The van der Waals surface area contributed by atoms with Gasteiger partial charge in [0.1, 0.15) is 11.6 Å². The molecular weight excluding hydrogens is 590 g/mol. The number of amides is 1. The number of benzene rings is 1. The lowest BCUT2D eigenvalue weighted by atomic mass is 9.70. The lowest BCUT2D eigenvalue weighted by molar-refractivity contribution is -0.128. The summed E-state index contributed by atoms with van der Waals surface area (Å²) in [5, 5.41) is 3.84. The summed E-state index contributed by atoms with van der Waals surface area (Å²) in [5.41, 5.74) is 4.14. The van der Waals surface area contributed by atoms with E-state index in [0.717, 1.165) is 31.6 Å². The molecule has 4 N–H and O–H groups in total. The van der Waals surface area contributed by atoms with Crippen molar-refractivity contribution in [2.45, 2.75) is 96.9 Å². The highest BCUT2D eigenvalue weighted by molar-refractivity contribution is 7.85. The molecule has 3 unspecified atom stereocenters. The summed E-state index contributed by atoms with van der Waals surface area (Å²) in [6.07, 6.45) is 6.75. The van der Waals surface area contributed by atoms with Gasteiger partial charge < -0.3 is 16.0 Å². The number of likely N-dealkylation sites (tertiary alicyclic amines) is 1. The number of piperidine rings is 1. The highest BCUT2D eigenvalue weighted by Gasteiger charge is 2.65. The number of nitrogens with zero attached hydrogens (tertiary/aromatic N) is 1. The van der Waals surface area contributed by atoms with Crippen molar-refractivity contribution in [3.63, 3.8) is 0 Å². The fraction of sp³-hybridized carbons (Fsp3) is 0.719. The van der Waals surface area contributed by atoms with Crippen LogP contribution in [0.3, 0.4) is 0 Å². The number of rotatable bonds is 12. The lowest BCUT2D eigenvalue weighted by Crippen LogP contribution is -2.50. The molecule has 0 radical (unpaired) electrons. The second-order valence-electron chi connectivity index (χ2n) is 13.8. The Balaban J connectivity index is 0.000000282. The van der Waals surface area contributed by atoms with Crippen molar-refractivity contribution in [1.82, 2.24) is 10.2 Å². The average molecular weight is 640 g/mol. The summed E-state index contributed by atoms with van der Waals surface area (Å²) < 4.78 is 31.0. The summed E-state index contributed by atoms with van der Waals surface area (Å²) >= 11 is 6.50.